The van der Waals surface area contributed by atoms with Gasteiger partial charge in [0.05, 0.1) is 13.2 Å². The van der Waals surface area contributed by atoms with Gasteiger partial charge in [0.1, 0.15) is 0 Å². The van der Waals surface area contributed by atoms with Crippen molar-refractivity contribution in [1.29, 1.82) is 0 Å². The minimum atomic E-state index is -2.29. The minimum absolute atomic E-state index is 0.0246. The molecule has 0 heterocycles. The van der Waals surface area contributed by atoms with Crippen molar-refractivity contribution >= 4 is 0 Å². The van der Waals surface area contributed by atoms with Gasteiger partial charge in [-0.15, -0.1) is 0 Å². The molecule has 0 amide bonds. The highest BCUT2D eigenvalue weighted by Crippen LogP contribution is 2.22. The predicted octanol–water partition coefficient (Wildman–Crippen LogP) is 1.88. The van der Waals surface area contributed by atoms with Gasteiger partial charge in [-0.1, -0.05) is 19.3 Å². The zero-order valence-electron chi connectivity index (χ0n) is 8.46. The third kappa shape index (κ3) is 3.88. The number of aliphatic hydroxyl groups is 1. The van der Waals surface area contributed by atoms with Crippen LogP contribution in [0.25, 0.3) is 0 Å². The van der Waals surface area contributed by atoms with Crippen molar-refractivity contribution in [3.63, 3.8) is 0 Å². The van der Waals surface area contributed by atoms with E-state index >= 15 is 0 Å². The van der Waals surface area contributed by atoms with Crippen molar-refractivity contribution in [2.45, 2.75) is 44.6 Å². The first-order valence-electron chi connectivity index (χ1n) is 5.37. The Labute approximate surface area is 83.9 Å². The predicted molar refractivity (Wildman–Crippen MR) is 51.5 cm³/mol. The Hall–Kier alpha value is -0.220. The molecule has 0 bridgehead atoms. The van der Waals surface area contributed by atoms with Crippen LogP contribution in [0.2, 0.25) is 0 Å². The van der Waals surface area contributed by atoms with Gasteiger partial charge in [-0.25, -0.2) is 8.78 Å². The molecule has 1 N–H and O–H groups in total. The first kappa shape index (κ1) is 11.9. The molecule has 1 aliphatic carbocycles. The first-order valence-corrected chi connectivity index (χ1v) is 5.37. The number of alkyl halides is 2. The molecule has 2 nitrogen and oxygen atoms in total. The standard InChI is InChI=1S/C10H19F2NO/c11-10(12)8-13(6-7-14)9-4-2-1-3-5-9/h9-10,14H,1-8H2. The lowest BCUT2D eigenvalue weighted by molar-refractivity contribution is 0.0441. The SMILES string of the molecule is OCCN(CC(F)F)C1CCCCC1. The van der Waals surface area contributed by atoms with Gasteiger partial charge in [-0.3, -0.25) is 4.90 Å². The van der Waals surface area contributed by atoms with Crippen LogP contribution < -0.4 is 0 Å². The lowest BCUT2D eigenvalue weighted by Crippen LogP contribution is -2.41. The molecule has 0 aromatic carbocycles. The van der Waals surface area contributed by atoms with Crippen molar-refractivity contribution < 1.29 is 13.9 Å². The first-order chi connectivity index (χ1) is 6.74. The van der Waals surface area contributed by atoms with Crippen LogP contribution in [0.15, 0.2) is 0 Å². The van der Waals surface area contributed by atoms with Crippen molar-refractivity contribution in [2.75, 3.05) is 19.7 Å². The van der Waals surface area contributed by atoms with E-state index in [2.05, 4.69) is 0 Å². The molecule has 0 aromatic rings. The van der Waals surface area contributed by atoms with Crippen LogP contribution >= 0.6 is 0 Å². The Morgan fingerprint density at radius 2 is 1.86 bits per heavy atom. The van der Waals surface area contributed by atoms with Crippen LogP contribution in [0.3, 0.4) is 0 Å². The summed E-state index contributed by atoms with van der Waals surface area (Å²) in [5.74, 6) is 0. The molecule has 0 spiro atoms. The summed E-state index contributed by atoms with van der Waals surface area (Å²) in [7, 11) is 0. The Balaban J connectivity index is 2.38. The number of aliphatic hydroxyl groups excluding tert-OH is 1. The molecule has 1 saturated carbocycles. The van der Waals surface area contributed by atoms with E-state index in [0.717, 1.165) is 25.7 Å². The van der Waals surface area contributed by atoms with Crippen LogP contribution in [0, 0.1) is 0 Å². The maximum Gasteiger partial charge on any atom is 0.251 e. The third-order valence-electron chi connectivity index (χ3n) is 2.85. The van der Waals surface area contributed by atoms with Crippen molar-refractivity contribution in [2.24, 2.45) is 0 Å². The van der Waals surface area contributed by atoms with E-state index in [1.54, 1.807) is 4.90 Å². The molecule has 0 atom stereocenters. The number of nitrogens with zero attached hydrogens (tertiary/aromatic N) is 1. The molecular formula is C10H19F2NO. The number of rotatable bonds is 5. The third-order valence-corrected chi connectivity index (χ3v) is 2.85. The van der Waals surface area contributed by atoms with E-state index in [1.165, 1.54) is 6.42 Å². The quantitative estimate of drug-likeness (QED) is 0.744. The number of hydrogen-bond donors (Lipinski definition) is 1. The summed E-state index contributed by atoms with van der Waals surface area (Å²) < 4.78 is 24.5. The highest BCUT2D eigenvalue weighted by atomic mass is 19.3. The van der Waals surface area contributed by atoms with Crippen LogP contribution in [0.4, 0.5) is 8.78 Å². The van der Waals surface area contributed by atoms with E-state index < -0.39 is 6.43 Å². The highest BCUT2D eigenvalue weighted by molar-refractivity contribution is 4.76. The summed E-state index contributed by atoms with van der Waals surface area (Å²) in [4.78, 5) is 1.74. The second kappa shape index (κ2) is 6.30. The van der Waals surface area contributed by atoms with Gasteiger partial charge in [0.2, 0.25) is 0 Å². The Morgan fingerprint density at radius 1 is 1.21 bits per heavy atom. The van der Waals surface area contributed by atoms with Gasteiger partial charge >= 0.3 is 0 Å². The smallest absolute Gasteiger partial charge is 0.251 e. The second-order valence-corrected chi connectivity index (χ2v) is 3.90. The van der Waals surface area contributed by atoms with Gasteiger partial charge in [0.15, 0.2) is 0 Å². The van der Waals surface area contributed by atoms with Crippen molar-refractivity contribution in [3.8, 4) is 0 Å². The van der Waals surface area contributed by atoms with Crippen molar-refractivity contribution in [3.05, 3.63) is 0 Å². The summed E-state index contributed by atoms with van der Waals surface area (Å²) in [5.41, 5.74) is 0. The van der Waals surface area contributed by atoms with E-state index in [9.17, 15) is 8.78 Å². The van der Waals surface area contributed by atoms with Crippen LogP contribution in [0.5, 0.6) is 0 Å². The van der Waals surface area contributed by atoms with Gasteiger partial charge in [-0.2, -0.15) is 0 Å². The molecule has 1 fully saturated rings. The van der Waals surface area contributed by atoms with Crippen LogP contribution in [0.1, 0.15) is 32.1 Å². The molecule has 0 saturated heterocycles. The topological polar surface area (TPSA) is 23.5 Å². The van der Waals surface area contributed by atoms with Gasteiger partial charge < -0.3 is 5.11 Å². The maximum atomic E-state index is 12.2. The summed E-state index contributed by atoms with van der Waals surface area (Å²) in [6.07, 6.45) is 3.21. The normalized spacial score (nSPS) is 19.5. The summed E-state index contributed by atoms with van der Waals surface area (Å²) in [6.45, 7) is 0.170. The molecule has 14 heavy (non-hydrogen) atoms. The average molecular weight is 207 g/mol. The molecule has 1 rings (SSSR count). The van der Waals surface area contributed by atoms with Gasteiger partial charge in [0, 0.05) is 12.6 Å². The summed E-state index contributed by atoms with van der Waals surface area (Å²) in [6, 6.07) is 0.268. The molecular weight excluding hydrogens is 188 g/mol. The zero-order valence-corrected chi connectivity index (χ0v) is 8.46. The monoisotopic (exact) mass is 207 g/mol. The maximum absolute atomic E-state index is 12.2. The Kier molecular flexibility index (Phi) is 5.33. The largest absolute Gasteiger partial charge is 0.395 e. The van der Waals surface area contributed by atoms with Crippen molar-refractivity contribution in [1.82, 2.24) is 4.90 Å². The minimum Gasteiger partial charge on any atom is -0.395 e. The lowest BCUT2D eigenvalue weighted by atomic mass is 9.94. The molecule has 0 radical (unpaired) electrons. The Morgan fingerprint density at radius 3 is 2.36 bits per heavy atom. The van der Waals surface area contributed by atoms with E-state index in [0.29, 0.717) is 6.54 Å². The molecule has 0 aliphatic heterocycles. The van der Waals surface area contributed by atoms with Crippen LogP contribution in [-0.4, -0.2) is 42.2 Å². The van der Waals surface area contributed by atoms with Gasteiger partial charge in [0.25, 0.3) is 6.43 Å². The molecule has 0 aromatic heterocycles. The molecule has 84 valence electrons. The number of halogens is 2. The molecule has 4 heteroatoms. The van der Waals surface area contributed by atoms with Gasteiger partial charge in [-0.05, 0) is 12.8 Å². The second-order valence-electron chi connectivity index (χ2n) is 3.90. The summed E-state index contributed by atoms with van der Waals surface area (Å²) >= 11 is 0. The Bertz CT molecular complexity index is 149. The van der Waals surface area contributed by atoms with Crippen LogP contribution in [-0.2, 0) is 0 Å². The van der Waals surface area contributed by atoms with E-state index in [1.807, 2.05) is 0 Å². The fourth-order valence-corrected chi connectivity index (χ4v) is 2.17. The number of hydrogen-bond acceptors (Lipinski definition) is 2. The van der Waals surface area contributed by atoms with E-state index in [4.69, 9.17) is 5.11 Å². The highest BCUT2D eigenvalue weighted by Gasteiger charge is 2.22. The summed E-state index contributed by atoms with van der Waals surface area (Å²) in [5, 5.41) is 8.79. The fourth-order valence-electron chi connectivity index (χ4n) is 2.17. The fraction of sp³-hybridized carbons (Fsp3) is 1.00. The zero-order chi connectivity index (χ0) is 10.4. The van der Waals surface area contributed by atoms with E-state index in [-0.39, 0.29) is 19.2 Å². The average Bonchev–Trinajstić information content (AvgIpc) is 2.18. The molecule has 0 unspecified atom stereocenters. The molecule has 1 aliphatic rings. The lowest BCUT2D eigenvalue weighted by Gasteiger charge is -2.33.